The average molecular weight is 544 g/mol. The lowest BCUT2D eigenvalue weighted by atomic mass is 9.54. The summed E-state index contributed by atoms with van der Waals surface area (Å²) in [5.74, 6) is -8.91. The van der Waals surface area contributed by atoms with Crippen molar-refractivity contribution >= 4 is 23.2 Å². The number of amides is 1. The molecule has 0 bridgehead atoms. The first-order valence-corrected chi connectivity index (χ1v) is 12.8. The van der Waals surface area contributed by atoms with E-state index < -0.39 is 75.6 Å². The molecule has 0 saturated heterocycles. The molecule has 3 aliphatic rings. The number of benzene rings is 1. The summed E-state index contributed by atoms with van der Waals surface area (Å²) in [5, 5.41) is 60.1. The SMILES string of the molecule is C[C@@H]1c2ccc(CNCC(C)(C)C)c(O)c2C(O)=C2C(=O)[C@@]3(O)C(O)=C(C(N)=O)C(=O)[C@H](N(C)C)[C@H]3[C@H](O)[C@H]21. The number of carbonyl (C=O) groups is 3. The van der Waals surface area contributed by atoms with Gasteiger partial charge < -0.3 is 36.6 Å². The molecule has 0 aromatic heterocycles. The number of phenols is 1. The van der Waals surface area contributed by atoms with Crippen LogP contribution in [0.1, 0.15) is 50.3 Å². The van der Waals surface area contributed by atoms with Crippen molar-refractivity contribution in [2.24, 2.45) is 23.0 Å². The maximum absolute atomic E-state index is 14.0. The van der Waals surface area contributed by atoms with Crippen LogP contribution in [0.3, 0.4) is 0 Å². The predicted molar refractivity (Wildman–Crippen MR) is 142 cm³/mol. The Labute approximate surface area is 226 Å². The number of hydrogen-bond acceptors (Lipinski definition) is 10. The van der Waals surface area contributed by atoms with E-state index in [1.54, 1.807) is 19.1 Å². The molecule has 1 amide bonds. The quantitative estimate of drug-likeness (QED) is 0.259. The maximum Gasteiger partial charge on any atom is 0.255 e. The molecule has 8 N–H and O–H groups in total. The number of aromatic hydroxyl groups is 1. The van der Waals surface area contributed by atoms with Crippen molar-refractivity contribution in [2.45, 2.75) is 57.9 Å². The van der Waals surface area contributed by atoms with Crippen LogP contribution in [0.2, 0.25) is 0 Å². The van der Waals surface area contributed by atoms with Crippen LogP contribution in [0.5, 0.6) is 5.75 Å². The van der Waals surface area contributed by atoms with Crippen molar-refractivity contribution < 1.29 is 39.9 Å². The molecule has 1 fully saturated rings. The number of nitrogens with one attached hydrogen (secondary N) is 1. The highest BCUT2D eigenvalue weighted by molar-refractivity contribution is 6.24. The number of primary amides is 1. The van der Waals surface area contributed by atoms with Gasteiger partial charge in [0, 0.05) is 30.1 Å². The molecule has 1 aromatic rings. The third-order valence-electron chi connectivity index (χ3n) is 8.18. The lowest BCUT2D eigenvalue weighted by Crippen LogP contribution is -2.70. The van der Waals surface area contributed by atoms with Crippen LogP contribution in [0.25, 0.3) is 5.76 Å². The van der Waals surface area contributed by atoms with Crippen molar-refractivity contribution in [3.05, 3.63) is 45.7 Å². The molecule has 212 valence electrons. The standard InChI is InChI=1S/C28H37N3O8/c1-11-13-8-7-12(9-30-10-27(2,3)4)20(32)15(13)21(33)16-14(11)22(34)18-19(31(5)6)23(35)17(26(29)38)25(37)28(18,39)24(16)36/h7-8,11,14,18-19,22,30,32-34,37,39H,9-10H2,1-6H3,(H2,29,38)/t11-,14+,18+,19-,22-,28-/m1/s1. The Bertz CT molecular complexity index is 1320. The van der Waals surface area contributed by atoms with E-state index >= 15 is 0 Å². The van der Waals surface area contributed by atoms with Gasteiger partial charge in [-0.3, -0.25) is 19.3 Å². The van der Waals surface area contributed by atoms with Gasteiger partial charge in [-0.2, -0.15) is 0 Å². The van der Waals surface area contributed by atoms with E-state index in [0.717, 1.165) is 0 Å². The number of Topliss-reactive ketones (excluding diaryl/α,β-unsaturated/α-hetero) is 2. The summed E-state index contributed by atoms with van der Waals surface area (Å²) < 4.78 is 0. The van der Waals surface area contributed by atoms with Crippen molar-refractivity contribution in [3.63, 3.8) is 0 Å². The highest BCUT2D eigenvalue weighted by Crippen LogP contribution is 2.56. The lowest BCUT2D eigenvalue weighted by Gasteiger charge is -2.53. The number of rotatable bonds is 5. The fraction of sp³-hybridized carbons (Fsp3) is 0.536. The molecule has 0 unspecified atom stereocenters. The van der Waals surface area contributed by atoms with E-state index in [0.29, 0.717) is 17.7 Å². The van der Waals surface area contributed by atoms with Gasteiger partial charge in [-0.1, -0.05) is 39.8 Å². The van der Waals surface area contributed by atoms with Gasteiger partial charge in [0.25, 0.3) is 5.91 Å². The van der Waals surface area contributed by atoms with Gasteiger partial charge in [0.05, 0.1) is 23.6 Å². The first-order valence-electron chi connectivity index (χ1n) is 12.8. The van der Waals surface area contributed by atoms with Gasteiger partial charge in [-0.05, 0) is 31.0 Å². The van der Waals surface area contributed by atoms with Crippen molar-refractivity contribution in [1.29, 1.82) is 0 Å². The Kier molecular flexibility index (Phi) is 6.96. The number of aliphatic hydroxyl groups excluding tert-OH is 3. The summed E-state index contributed by atoms with van der Waals surface area (Å²) in [6, 6.07) is 2.03. The molecule has 11 heteroatoms. The normalized spacial score (nSPS) is 30.8. The number of aliphatic hydroxyl groups is 4. The Balaban J connectivity index is 1.92. The molecule has 3 aliphatic carbocycles. The minimum absolute atomic E-state index is 0.0129. The molecule has 4 rings (SSSR count). The number of nitrogens with zero attached hydrogens (tertiary/aromatic N) is 1. The van der Waals surface area contributed by atoms with Crippen molar-refractivity contribution in [2.75, 3.05) is 20.6 Å². The first kappa shape index (κ1) is 28.8. The predicted octanol–water partition coefficient (Wildman–Crippen LogP) is 0.632. The monoisotopic (exact) mass is 543 g/mol. The molecule has 39 heavy (non-hydrogen) atoms. The van der Waals surface area contributed by atoms with E-state index in [1.807, 2.05) is 0 Å². The lowest BCUT2D eigenvalue weighted by molar-refractivity contribution is -0.169. The van der Waals surface area contributed by atoms with Crippen LogP contribution >= 0.6 is 0 Å². The van der Waals surface area contributed by atoms with E-state index in [-0.39, 0.29) is 23.3 Å². The second-order valence-electron chi connectivity index (χ2n) is 12.3. The van der Waals surface area contributed by atoms with E-state index in [4.69, 9.17) is 5.73 Å². The van der Waals surface area contributed by atoms with Crippen LogP contribution in [-0.2, 0) is 20.9 Å². The minimum Gasteiger partial charge on any atom is -0.508 e. The molecule has 0 radical (unpaired) electrons. The fourth-order valence-electron chi connectivity index (χ4n) is 6.37. The van der Waals surface area contributed by atoms with Gasteiger partial charge in [0.15, 0.2) is 11.4 Å². The molecule has 1 saturated carbocycles. The number of likely N-dealkylation sites (N-methyl/N-ethyl adjacent to an activating group) is 1. The summed E-state index contributed by atoms with van der Waals surface area (Å²) in [7, 11) is 2.94. The Hall–Kier alpha value is -3.25. The zero-order valence-electron chi connectivity index (χ0n) is 22.9. The zero-order valence-corrected chi connectivity index (χ0v) is 22.9. The number of hydrogen-bond donors (Lipinski definition) is 7. The highest BCUT2D eigenvalue weighted by atomic mass is 16.4. The largest absolute Gasteiger partial charge is 0.508 e. The molecule has 11 nitrogen and oxygen atoms in total. The average Bonchev–Trinajstić information content (AvgIpc) is 2.81. The van der Waals surface area contributed by atoms with Crippen molar-refractivity contribution in [3.8, 4) is 5.75 Å². The summed E-state index contributed by atoms with van der Waals surface area (Å²) >= 11 is 0. The number of phenolic OH excluding ortho intramolecular Hbond substituents is 1. The highest BCUT2D eigenvalue weighted by Gasteiger charge is 2.68. The number of carbonyl (C=O) groups excluding carboxylic acids is 3. The fourth-order valence-corrected chi connectivity index (χ4v) is 6.37. The van der Waals surface area contributed by atoms with Crippen LogP contribution in [-0.4, -0.2) is 86.3 Å². The third kappa shape index (κ3) is 4.15. The van der Waals surface area contributed by atoms with E-state index in [9.17, 15) is 39.9 Å². The molecule has 0 spiro atoms. The molecular formula is C28H37N3O8. The van der Waals surface area contributed by atoms with Crippen molar-refractivity contribution in [1.82, 2.24) is 10.2 Å². The Morgan fingerprint density at radius 1 is 1.15 bits per heavy atom. The van der Waals surface area contributed by atoms with Crippen LogP contribution < -0.4 is 11.1 Å². The molecule has 6 atom stereocenters. The summed E-state index contributed by atoms with van der Waals surface area (Å²) in [4.78, 5) is 40.7. The molecule has 1 aromatic carbocycles. The van der Waals surface area contributed by atoms with E-state index in [2.05, 4.69) is 26.1 Å². The Morgan fingerprint density at radius 3 is 2.31 bits per heavy atom. The molecular weight excluding hydrogens is 506 g/mol. The number of fused-ring (bicyclic) bond motifs is 3. The summed E-state index contributed by atoms with van der Waals surface area (Å²) in [6.45, 7) is 8.78. The summed E-state index contributed by atoms with van der Waals surface area (Å²) in [6.07, 6.45) is -1.61. The van der Waals surface area contributed by atoms with Crippen LogP contribution in [0.15, 0.2) is 29.0 Å². The third-order valence-corrected chi connectivity index (χ3v) is 8.18. The Morgan fingerprint density at radius 2 is 1.77 bits per heavy atom. The van der Waals surface area contributed by atoms with Gasteiger partial charge in [-0.25, -0.2) is 0 Å². The molecule has 0 aliphatic heterocycles. The first-order chi connectivity index (χ1) is 18.0. The van der Waals surface area contributed by atoms with E-state index in [1.165, 1.54) is 19.0 Å². The maximum atomic E-state index is 14.0. The van der Waals surface area contributed by atoms with Gasteiger partial charge in [0.1, 0.15) is 22.8 Å². The number of nitrogens with two attached hydrogens (primary N) is 1. The number of ketones is 2. The molecule has 0 heterocycles. The minimum atomic E-state index is -2.93. The summed E-state index contributed by atoms with van der Waals surface area (Å²) in [5.41, 5.74) is 1.97. The second-order valence-corrected chi connectivity index (χ2v) is 12.3. The second kappa shape index (κ2) is 9.44. The topological polar surface area (TPSA) is 194 Å². The smallest absolute Gasteiger partial charge is 0.255 e. The van der Waals surface area contributed by atoms with Crippen LogP contribution in [0, 0.1) is 17.3 Å². The van der Waals surface area contributed by atoms with Crippen LogP contribution in [0.4, 0.5) is 0 Å². The van der Waals surface area contributed by atoms with Gasteiger partial charge in [-0.15, -0.1) is 0 Å². The van der Waals surface area contributed by atoms with Gasteiger partial charge in [0.2, 0.25) is 5.78 Å². The zero-order chi connectivity index (χ0) is 29.4. The van der Waals surface area contributed by atoms with Gasteiger partial charge >= 0.3 is 0 Å².